The van der Waals surface area contributed by atoms with Crippen molar-refractivity contribution in [1.29, 1.82) is 0 Å². The normalized spacial score (nSPS) is 27.0. The Bertz CT molecular complexity index is 738. The summed E-state index contributed by atoms with van der Waals surface area (Å²) < 4.78 is 19.3. The molecule has 1 aliphatic heterocycles. The standard InChI is InChI=1S/C15H14ClFN2O4S/c16-13-10(23-15-12(22)11(21)9(20)6-24-15)4-3-8(19-13)7-2-1-5-18-14(7)17/h1-5,9,11-12,15,20-22H,6H2/t9-,11+,12-,15+/m1/s1. The third-order valence-corrected chi connectivity index (χ3v) is 5.06. The summed E-state index contributed by atoms with van der Waals surface area (Å²) in [6, 6.07) is 6.13. The SMILES string of the molecule is O[C@@H]1[C@@H](O)[C@@H](Oc2ccc(-c3cccnc3F)nc2Cl)SC[C@H]1O. The summed E-state index contributed by atoms with van der Waals surface area (Å²) >= 11 is 7.23. The molecule has 0 unspecified atom stereocenters. The molecule has 0 saturated carbocycles. The molecule has 24 heavy (non-hydrogen) atoms. The molecule has 3 rings (SSSR count). The first-order valence-electron chi connectivity index (χ1n) is 7.07. The molecule has 3 heterocycles. The number of aliphatic hydroxyl groups is 3. The van der Waals surface area contributed by atoms with Crippen LogP contribution in [0.25, 0.3) is 11.3 Å². The Morgan fingerprint density at radius 1 is 1.21 bits per heavy atom. The van der Waals surface area contributed by atoms with Gasteiger partial charge in [-0.25, -0.2) is 9.97 Å². The molecule has 1 fully saturated rings. The highest BCUT2D eigenvalue weighted by Crippen LogP contribution is 2.33. The van der Waals surface area contributed by atoms with Crippen LogP contribution in [0.2, 0.25) is 5.15 Å². The zero-order valence-electron chi connectivity index (χ0n) is 12.2. The summed E-state index contributed by atoms with van der Waals surface area (Å²) in [5.41, 5.74) is -0.300. The van der Waals surface area contributed by atoms with Crippen molar-refractivity contribution in [3.05, 3.63) is 41.6 Å². The van der Waals surface area contributed by atoms with Crippen LogP contribution in [0, 0.1) is 5.95 Å². The Morgan fingerprint density at radius 2 is 2.00 bits per heavy atom. The van der Waals surface area contributed by atoms with Gasteiger partial charge in [-0.1, -0.05) is 11.6 Å². The van der Waals surface area contributed by atoms with Crippen LogP contribution >= 0.6 is 23.4 Å². The van der Waals surface area contributed by atoms with Crippen molar-refractivity contribution in [1.82, 2.24) is 9.97 Å². The summed E-state index contributed by atoms with van der Waals surface area (Å²) in [5.74, 6) is -0.262. The minimum atomic E-state index is -1.30. The van der Waals surface area contributed by atoms with E-state index in [2.05, 4.69) is 9.97 Å². The van der Waals surface area contributed by atoms with E-state index in [4.69, 9.17) is 16.3 Å². The number of ether oxygens (including phenoxy) is 1. The highest BCUT2D eigenvalue weighted by molar-refractivity contribution is 7.99. The molecule has 128 valence electrons. The van der Waals surface area contributed by atoms with Gasteiger partial charge in [0.25, 0.3) is 0 Å². The Hall–Kier alpha value is -1.45. The first-order chi connectivity index (χ1) is 11.5. The van der Waals surface area contributed by atoms with Gasteiger partial charge in [-0.3, -0.25) is 0 Å². The van der Waals surface area contributed by atoms with Gasteiger partial charge in [0.2, 0.25) is 5.95 Å². The lowest BCUT2D eigenvalue weighted by Gasteiger charge is -2.34. The molecule has 4 atom stereocenters. The highest BCUT2D eigenvalue weighted by atomic mass is 35.5. The molecule has 0 aliphatic carbocycles. The molecule has 0 radical (unpaired) electrons. The van der Waals surface area contributed by atoms with Crippen molar-refractivity contribution in [2.24, 2.45) is 0 Å². The number of nitrogens with zero attached hydrogens (tertiary/aromatic N) is 2. The van der Waals surface area contributed by atoms with Crippen molar-refractivity contribution >= 4 is 23.4 Å². The summed E-state index contributed by atoms with van der Waals surface area (Å²) in [7, 11) is 0. The molecule has 3 N–H and O–H groups in total. The Morgan fingerprint density at radius 3 is 2.71 bits per heavy atom. The van der Waals surface area contributed by atoms with Crippen LogP contribution in [0.5, 0.6) is 5.75 Å². The zero-order chi connectivity index (χ0) is 17.3. The molecular weight excluding hydrogens is 359 g/mol. The monoisotopic (exact) mass is 372 g/mol. The largest absolute Gasteiger partial charge is 0.474 e. The molecule has 1 saturated heterocycles. The number of hydrogen-bond acceptors (Lipinski definition) is 7. The Balaban J connectivity index is 1.80. The lowest BCUT2D eigenvalue weighted by molar-refractivity contribution is -0.0786. The predicted molar refractivity (Wildman–Crippen MR) is 87.3 cm³/mol. The number of pyridine rings is 2. The zero-order valence-corrected chi connectivity index (χ0v) is 13.8. The average Bonchev–Trinajstić information content (AvgIpc) is 2.57. The number of rotatable bonds is 3. The molecular formula is C15H14ClFN2O4S. The topological polar surface area (TPSA) is 95.7 Å². The molecule has 0 aromatic carbocycles. The van der Waals surface area contributed by atoms with Crippen LogP contribution < -0.4 is 4.74 Å². The van der Waals surface area contributed by atoms with Gasteiger partial charge < -0.3 is 20.1 Å². The average molecular weight is 373 g/mol. The van der Waals surface area contributed by atoms with Crippen molar-refractivity contribution < 1.29 is 24.4 Å². The van der Waals surface area contributed by atoms with E-state index < -0.39 is 29.7 Å². The second-order valence-electron chi connectivity index (χ2n) is 5.20. The maximum absolute atomic E-state index is 13.7. The molecule has 0 bridgehead atoms. The first kappa shape index (κ1) is 17.4. The summed E-state index contributed by atoms with van der Waals surface area (Å²) in [4.78, 5) is 7.64. The third kappa shape index (κ3) is 3.47. The van der Waals surface area contributed by atoms with Gasteiger partial charge in [-0.2, -0.15) is 4.39 Å². The van der Waals surface area contributed by atoms with E-state index in [-0.39, 0.29) is 22.2 Å². The molecule has 1 aliphatic rings. The highest BCUT2D eigenvalue weighted by Gasteiger charge is 2.38. The summed E-state index contributed by atoms with van der Waals surface area (Å²) in [6.45, 7) is 0. The molecule has 2 aromatic rings. The summed E-state index contributed by atoms with van der Waals surface area (Å²) in [6.07, 6.45) is -2.26. The van der Waals surface area contributed by atoms with E-state index in [0.29, 0.717) is 5.69 Å². The van der Waals surface area contributed by atoms with Crippen LogP contribution in [-0.4, -0.2) is 54.8 Å². The maximum Gasteiger partial charge on any atom is 0.222 e. The van der Waals surface area contributed by atoms with Crippen LogP contribution in [0.4, 0.5) is 4.39 Å². The molecule has 6 nitrogen and oxygen atoms in total. The van der Waals surface area contributed by atoms with Gasteiger partial charge in [-0.15, -0.1) is 11.8 Å². The van der Waals surface area contributed by atoms with Gasteiger partial charge >= 0.3 is 0 Å². The quantitative estimate of drug-likeness (QED) is 0.702. The second kappa shape index (κ2) is 7.20. The van der Waals surface area contributed by atoms with Gasteiger partial charge in [0.1, 0.15) is 12.2 Å². The fourth-order valence-electron chi connectivity index (χ4n) is 2.24. The molecule has 2 aromatic heterocycles. The number of halogens is 2. The lowest BCUT2D eigenvalue weighted by Crippen LogP contribution is -2.50. The minimum absolute atomic E-state index is 0.0100. The van der Waals surface area contributed by atoms with Crippen molar-refractivity contribution in [3.8, 4) is 17.0 Å². The van der Waals surface area contributed by atoms with Gasteiger partial charge in [0, 0.05) is 11.9 Å². The number of aliphatic hydroxyl groups excluding tert-OH is 3. The number of aromatic nitrogens is 2. The Labute approximate surface area is 146 Å². The van der Waals surface area contributed by atoms with Crippen molar-refractivity contribution in [3.63, 3.8) is 0 Å². The van der Waals surface area contributed by atoms with E-state index in [1.165, 1.54) is 24.4 Å². The van der Waals surface area contributed by atoms with E-state index in [9.17, 15) is 19.7 Å². The number of thioether (sulfide) groups is 1. The van der Waals surface area contributed by atoms with Crippen LogP contribution in [-0.2, 0) is 0 Å². The second-order valence-corrected chi connectivity index (χ2v) is 6.68. The fraction of sp³-hybridized carbons (Fsp3) is 0.333. The van der Waals surface area contributed by atoms with E-state index in [1.807, 2.05) is 0 Å². The number of hydrogen-bond donors (Lipinski definition) is 3. The third-order valence-electron chi connectivity index (χ3n) is 3.55. The minimum Gasteiger partial charge on any atom is -0.474 e. The fourth-order valence-corrected chi connectivity index (χ4v) is 3.56. The van der Waals surface area contributed by atoms with Gasteiger partial charge in [-0.05, 0) is 24.3 Å². The van der Waals surface area contributed by atoms with E-state index in [0.717, 1.165) is 11.8 Å². The van der Waals surface area contributed by atoms with Crippen LogP contribution in [0.15, 0.2) is 30.5 Å². The summed E-state index contributed by atoms with van der Waals surface area (Å²) in [5, 5.41) is 29.1. The van der Waals surface area contributed by atoms with Crippen LogP contribution in [0.1, 0.15) is 0 Å². The van der Waals surface area contributed by atoms with E-state index >= 15 is 0 Å². The molecule has 0 spiro atoms. The van der Waals surface area contributed by atoms with Crippen molar-refractivity contribution in [2.75, 3.05) is 5.75 Å². The molecule has 0 amide bonds. The van der Waals surface area contributed by atoms with Crippen LogP contribution in [0.3, 0.4) is 0 Å². The van der Waals surface area contributed by atoms with Gasteiger partial charge in [0.15, 0.2) is 16.3 Å². The smallest absolute Gasteiger partial charge is 0.222 e. The predicted octanol–water partition coefficient (Wildman–Crippen LogP) is 1.47. The lowest BCUT2D eigenvalue weighted by atomic mass is 10.1. The maximum atomic E-state index is 13.7. The van der Waals surface area contributed by atoms with Gasteiger partial charge in [0.05, 0.1) is 17.4 Å². The Kier molecular flexibility index (Phi) is 5.21. The first-order valence-corrected chi connectivity index (χ1v) is 8.50. The molecule has 9 heteroatoms. The van der Waals surface area contributed by atoms with E-state index in [1.54, 1.807) is 6.07 Å². The van der Waals surface area contributed by atoms with Crippen molar-refractivity contribution in [2.45, 2.75) is 23.7 Å².